The van der Waals surface area contributed by atoms with Crippen LogP contribution in [0.15, 0.2) is 0 Å². The normalized spacial score (nSPS) is 19.7. The third-order valence-electron chi connectivity index (χ3n) is 5.74. The van der Waals surface area contributed by atoms with Crippen LogP contribution < -0.4 is 0 Å². The monoisotopic (exact) mass is 605 g/mol. The number of carbonyl (C=O) groups is 2. The van der Waals surface area contributed by atoms with Crippen LogP contribution in [0.3, 0.4) is 0 Å². The number of halogens is 1. The van der Waals surface area contributed by atoms with Crippen LogP contribution in [0.4, 0.5) is 0 Å². The first-order valence-corrected chi connectivity index (χ1v) is 22.6. The van der Waals surface area contributed by atoms with Crippen molar-refractivity contribution in [3.63, 3.8) is 0 Å². The zero-order chi connectivity index (χ0) is 19.3. The topological polar surface area (TPSA) is 40.6 Å². The summed E-state index contributed by atoms with van der Waals surface area (Å²) in [5.41, 5.74) is 0. The van der Waals surface area contributed by atoms with E-state index in [1.807, 2.05) is 27.7 Å². The van der Waals surface area contributed by atoms with Gasteiger partial charge in [0.05, 0.1) is 0 Å². The third-order valence-corrected chi connectivity index (χ3v) is 19.8. The van der Waals surface area contributed by atoms with Crippen molar-refractivity contribution in [3.8, 4) is 0 Å². The molecule has 2 saturated carbocycles. The second-order valence-corrected chi connectivity index (χ2v) is 20.6. The van der Waals surface area contributed by atoms with Crippen LogP contribution in [0.25, 0.3) is 0 Å². The first-order chi connectivity index (χ1) is 12.3. The molecule has 2 fully saturated rings. The zero-order valence-corrected chi connectivity index (χ0v) is 22.3. The summed E-state index contributed by atoms with van der Waals surface area (Å²) in [6, 6.07) is 0.757. The summed E-state index contributed by atoms with van der Waals surface area (Å²) in [6.45, 7) is 8.07. The molecule has 4 nitrogen and oxygen atoms in total. The van der Waals surface area contributed by atoms with Crippen LogP contribution in [0.5, 0.6) is 0 Å². The minimum absolute atomic E-state index is 0.0223. The SMILES string of the molecule is CC(C)C(=O)[N](C1CCCCC1)[Nd]([I])[N](C(=O)C(C)C)C1CCCCC1. The molecule has 2 amide bonds. The van der Waals surface area contributed by atoms with Gasteiger partial charge >= 0.3 is 183 Å². The van der Waals surface area contributed by atoms with Crippen molar-refractivity contribution in [1.29, 1.82) is 0 Å². The molecule has 0 N–H and O–H groups in total. The van der Waals surface area contributed by atoms with Gasteiger partial charge in [0.25, 0.3) is 0 Å². The summed E-state index contributed by atoms with van der Waals surface area (Å²) in [5, 5.41) is 0. The van der Waals surface area contributed by atoms with Crippen molar-refractivity contribution >= 4 is 26.0 Å². The van der Waals surface area contributed by atoms with E-state index in [0.29, 0.717) is 23.9 Å². The molecule has 0 atom stereocenters. The summed E-state index contributed by atoms with van der Waals surface area (Å²) in [6.07, 6.45) is 12.0. The predicted octanol–water partition coefficient (Wildman–Crippen LogP) is 5.42. The van der Waals surface area contributed by atoms with E-state index in [4.69, 9.17) is 0 Å². The molecular weight excluding hydrogens is 571 g/mol. The van der Waals surface area contributed by atoms with E-state index in [1.165, 1.54) is 38.5 Å². The fraction of sp³-hybridized carbons (Fsp3) is 0.900. The summed E-state index contributed by atoms with van der Waals surface area (Å²) < 4.78 is 4.59. The van der Waals surface area contributed by atoms with Crippen molar-refractivity contribution in [2.45, 2.75) is 104 Å². The number of hydrogen-bond donors (Lipinski definition) is 0. The number of rotatable bonds is 6. The number of hydrogen-bond acceptors (Lipinski definition) is 2. The van der Waals surface area contributed by atoms with E-state index in [1.54, 1.807) is 0 Å². The molecular formula is C20H36IN2NdO2. The van der Waals surface area contributed by atoms with Crippen LogP contribution in [-0.4, -0.2) is 25.9 Å². The van der Waals surface area contributed by atoms with E-state index in [2.05, 4.69) is 16.1 Å². The molecule has 0 aromatic heterocycles. The molecule has 2 aliphatic rings. The van der Waals surface area contributed by atoms with Gasteiger partial charge in [-0.2, -0.15) is 0 Å². The van der Waals surface area contributed by atoms with Gasteiger partial charge in [-0.25, -0.2) is 0 Å². The van der Waals surface area contributed by atoms with Crippen molar-refractivity contribution < 1.29 is 39.6 Å². The molecule has 26 heavy (non-hydrogen) atoms. The fourth-order valence-corrected chi connectivity index (χ4v) is 20.7. The van der Waals surface area contributed by atoms with Gasteiger partial charge in [-0.15, -0.1) is 0 Å². The van der Waals surface area contributed by atoms with E-state index >= 15 is 0 Å². The van der Waals surface area contributed by atoms with E-state index in [0.717, 1.165) is 25.7 Å². The first-order valence-electron chi connectivity index (χ1n) is 10.5. The fourth-order valence-electron chi connectivity index (χ4n) is 4.19. The van der Waals surface area contributed by atoms with Gasteiger partial charge in [0.2, 0.25) is 0 Å². The molecule has 0 heterocycles. The Bertz CT molecular complexity index is 432. The average Bonchev–Trinajstić information content (AvgIpc) is 2.63. The Labute approximate surface area is 181 Å². The van der Waals surface area contributed by atoms with Crippen LogP contribution in [0.2, 0.25) is 0 Å². The molecule has 0 aromatic carbocycles. The summed E-state index contributed by atoms with van der Waals surface area (Å²) in [4.78, 5) is 26.4. The van der Waals surface area contributed by atoms with E-state index in [-0.39, 0.29) is 11.8 Å². The maximum atomic E-state index is 13.2. The quantitative estimate of drug-likeness (QED) is 0.379. The molecule has 6 heteroatoms. The molecule has 2 rings (SSSR count). The molecule has 0 saturated heterocycles. The van der Waals surface area contributed by atoms with E-state index in [9.17, 15) is 9.59 Å². The van der Waals surface area contributed by atoms with Crippen molar-refractivity contribution in [3.05, 3.63) is 0 Å². The van der Waals surface area contributed by atoms with Crippen LogP contribution in [0, 0.1) is 41.8 Å². The van der Waals surface area contributed by atoms with Crippen LogP contribution in [0.1, 0.15) is 91.9 Å². The predicted molar refractivity (Wildman–Crippen MR) is 111 cm³/mol. The second kappa shape index (κ2) is 11.3. The van der Waals surface area contributed by atoms with Gasteiger partial charge in [-0.1, -0.05) is 0 Å². The van der Waals surface area contributed by atoms with Gasteiger partial charge in [-0.05, 0) is 0 Å². The Hall–Kier alpha value is 1.02. The number of amides is 2. The Balaban J connectivity index is 2.31. The Morgan fingerprint density at radius 1 is 0.731 bits per heavy atom. The summed E-state index contributed by atoms with van der Waals surface area (Å²) in [7, 11) is 0. The standard InChI is InChI=1S/2C10H19NO.HI.Nd/c2*1-8(2)10(12)11-9-6-4-3-5-7-9;;/h2*8-9H,3-7H2,1-2H3,(H,11,12);1H;/q;;;+3/p-3. The Morgan fingerprint density at radius 2 is 1.04 bits per heavy atom. The van der Waals surface area contributed by atoms with Gasteiger partial charge in [0.15, 0.2) is 0 Å². The molecule has 149 valence electrons. The number of carbonyl (C=O) groups excluding carboxylic acids is 2. The Kier molecular flexibility index (Phi) is 10.1. The van der Waals surface area contributed by atoms with E-state index < -0.39 is 30.0 Å². The Morgan fingerprint density at radius 3 is 1.31 bits per heavy atom. The van der Waals surface area contributed by atoms with Crippen molar-refractivity contribution in [2.75, 3.05) is 0 Å². The molecule has 0 aliphatic heterocycles. The summed E-state index contributed by atoms with van der Waals surface area (Å²) in [5.74, 6) is 0.639. The maximum absolute atomic E-state index is 13.2. The van der Waals surface area contributed by atoms with Gasteiger partial charge in [-0.3, -0.25) is 0 Å². The molecule has 0 radical (unpaired) electrons. The number of nitrogens with zero attached hydrogens (tertiary/aromatic N) is 2. The van der Waals surface area contributed by atoms with Crippen LogP contribution in [-0.2, 0) is 9.59 Å². The van der Waals surface area contributed by atoms with Crippen LogP contribution >= 0.6 is 14.2 Å². The molecule has 0 bridgehead atoms. The third kappa shape index (κ3) is 6.01. The zero-order valence-electron chi connectivity index (χ0n) is 17.0. The van der Waals surface area contributed by atoms with Crippen molar-refractivity contribution in [1.82, 2.24) is 1.97 Å². The van der Waals surface area contributed by atoms with Gasteiger partial charge in [0, 0.05) is 0 Å². The molecule has 0 unspecified atom stereocenters. The molecule has 0 aromatic rings. The second-order valence-electron chi connectivity index (χ2n) is 8.58. The summed E-state index contributed by atoms with van der Waals surface area (Å²) >= 11 is -0.188. The average molecular weight is 608 g/mol. The van der Waals surface area contributed by atoms with Gasteiger partial charge in [0.1, 0.15) is 0 Å². The molecule has 2 aliphatic carbocycles. The van der Waals surface area contributed by atoms with Crippen molar-refractivity contribution in [2.24, 2.45) is 11.8 Å². The first kappa shape index (κ1) is 23.3. The molecule has 0 spiro atoms. The van der Waals surface area contributed by atoms with Gasteiger partial charge < -0.3 is 0 Å². The minimum atomic E-state index is -2.78.